The summed E-state index contributed by atoms with van der Waals surface area (Å²) >= 11 is 0. The molecule has 1 rings (SSSR count). The monoisotopic (exact) mass is 250 g/mol. The van der Waals surface area contributed by atoms with E-state index < -0.39 is 0 Å². The Morgan fingerprint density at radius 3 is 2.67 bits per heavy atom. The standard InChI is InChI=1S/C14H22N2O2/c1-4-18-13-8-6-5-7-12(13)16-14(17)9-11(15)10(2)3/h5-8,10-11H,4,9,15H2,1-3H3,(H,16,17). The summed E-state index contributed by atoms with van der Waals surface area (Å²) in [5.41, 5.74) is 6.57. The Hall–Kier alpha value is -1.55. The van der Waals surface area contributed by atoms with Crippen molar-refractivity contribution >= 4 is 11.6 Å². The van der Waals surface area contributed by atoms with Crippen molar-refractivity contribution in [3.63, 3.8) is 0 Å². The highest BCUT2D eigenvalue weighted by Gasteiger charge is 2.14. The molecular weight excluding hydrogens is 228 g/mol. The number of nitrogens with one attached hydrogen (secondary N) is 1. The fourth-order valence-electron chi connectivity index (χ4n) is 1.50. The second-order valence-electron chi connectivity index (χ2n) is 4.59. The lowest BCUT2D eigenvalue weighted by Crippen LogP contribution is -2.31. The number of ether oxygens (including phenoxy) is 1. The van der Waals surface area contributed by atoms with E-state index in [1.807, 2.05) is 45.0 Å². The number of carbonyl (C=O) groups is 1. The summed E-state index contributed by atoms with van der Waals surface area (Å²) in [4.78, 5) is 11.8. The van der Waals surface area contributed by atoms with Crippen LogP contribution in [0.5, 0.6) is 5.75 Å². The van der Waals surface area contributed by atoms with Crippen LogP contribution in [0.15, 0.2) is 24.3 Å². The van der Waals surface area contributed by atoms with Crippen molar-refractivity contribution in [1.29, 1.82) is 0 Å². The highest BCUT2D eigenvalue weighted by atomic mass is 16.5. The molecule has 0 heterocycles. The summed E-state index contributed by atoms with van der Waals surface area (Å²) in [6.45, 7) is 6.49. The molecule has 0 saturated carbocycles. The van der Waals surface area contributed by atoms with E-state index in [1.165, 1.54) is 0 Å². The molecule has 0 aliphatic rings. The lowest BCUT2D eigenvalue weighted by Gasteiger charge is -2.16. The number of benzene rings is 1. The van der Waals surface area contributed by atoms with Gasteiger partial charge in [-0.1, -0.05) is 26.0 Å². The van der Waals surface area contributed by atoms with Crippen LogP contribution in [0, 0.1) is 5.92 Å². The minimum absolute atomic E-state index is 0.0802. The maximum atomic E-state index is 11.8. The number of amides is 1. The van der Waals surface area contributed by atoms with Gasteiger partial charge in [-0.05, 0) is 25.0 Å². The van der Waals surface area contributed by atoms with Gasteiger partial charge in [0.2, 0.25) is 5.91 Å². The van der Waals surface area contributed by atoms with Gasteiger partial charge in [-0.3, -0.25) is 4.79 Å². The van der Waals surface area contributed by atoms with E-state index in [4.69, 9.17) is 10.5 Å². The molecule has 18 heavy (non-hydrogen) atoms. The van der Waals surface area contributed by atoms with E-state index in [-0.39, 0.29) is 17.9 Å². The Kier molecular flexibility index (Phi) is 5.65. The molecule has 0 bridgehead atoms. The fourth-order valence-corrected chi connectivity index (χ4v) is 1.50. The van der Waals surface area contributed by atoms with Gasteiger partial charge in [-0.2, -0.15) is 0 Å². The first-order chi connectivity index (χ1) is 8.54. The number of carbonyl (C=O) groups excluding carboxylic acids is 1. The SMILES string of the molecule is CCOc1ccccc1NC(=O)CC(N)C(C)C. The van der Waals surface area contributed by atoms with Crippen LogP contribution >= 0.6 is 0 Å². The van der Waals surface area contributed by atoms with Gasteiger partial charge in [0.1, 0.15) is 5.75 Å². The van der Waals surface area contributed by atoms with Crippen LogP contribution in [0.3, 0.4) is 0 Å². The predicted octanol–water partition coefficient (Wildman–Crippen LogP) is 2.40. The summed E-state index contributed by atoms with van der Waals surface area (Å²) in [5.74, 6) is 0.896. The first kappa shape index (κ1) is 14.5. The Bertz CT molecular complexity index is 391. The topological polar surface area (TPSA) is 64.3 Å². The van der Waals surface area contributed by atoms with Crippen LogP contribution in [0.2, 0.25) is 0 Å². The maximum Gasteiger partial charge on any atom is 0.226 e. The molecule has 0 aliphatic carbocycles. The second-order valence-corrected chi connectivity index (χ2v) is 4.59. The van der Waals surface area contributed by atoms with Crippen molar-refractivity contribution in [2.75, 3.05) is 11.9 Å². The van der Waals surface area contributed by atoms with Crippen LogP contribution in [-0.2, 0) is 4.79 Å². The summed E-state index contributed by atoms with van der Waals surface area (Å²) in [6, 6.07) is 7.27. The minimum atomic E-state index is -0.121. The quantitative estimate of drug-likeness (QED) is 0.814. The molecule has 4 heteroatoms. The molecule has 1 aromatic carbocycles. The molecule has 3 N–H and O–H groups in total. The number of anilines is 1. The molecule has 0 saturated heterocycles. The predicted molar refractivity (Wildman–Crippen MR) is 73.7 cm³/mol. The molecule has 0 aliphatic heterocycles. The van der Waals surface area contributed by atoms with Crippen LogP contribution in [0.1, 0.15) is 27.2 Å². The number of hydrogen-bond donors (Lipinski definition) is 2. The van der Waals surface area contributed by atoms with Gasteiger partial charge in [0, 0.05) is 12.5 Å². The van der Waals surface area contributed by atoms with Gasteiger partial charge in [0.15, 0.2) is 0 Å². The van der Waals surface area contributed by atoms with Crippen LogP contribution < -0.4 is 15.8 Å². The van der Waals surface area contributed by atoms with Crippen molar-refractivity contribution in [1.82, 2.24) is 0 Å². The second kappa shape index (κ2) is 7.01. The van der Waals surface area contributed by atoms with E-state index in [2.05, 4.69) is 5.32 Å². The lowest BCUT2D eigenvalue weighted by molar-refractivity contribution is -0.116. The number of nitrogens with two attached hydrogens (primary N) is 1. The summed E-state index contributed by atoms with van der Waals surface area (Å²) < 4.78 is 5.44. The van der Waals surface area contributed by atoms with Gasteiger partial charge in [-0.15, -0.1) is 0 Å². The zero-order valence-electron chi connectivity index (χ0n) is 11.3. The molecule has 100 valence electrons. The first-order valence-corrected chi connectivity index (χ1v) is 6.31. The number of hydrogen-bond acceptors (Lipinski definition) is 3. The maximum absolute atomic E-state index is 11.8. The molecule has 1 amide bonds. The van der Waals surface area contributed by atoms with E-state index in [0.29, 0.717) is 24.5 Å². The van der Waals surface area contributed by atoms with Crippen molar-refractivity contribution in [3.8, 4) is 5.75 Å². The van der Waals surface area contributed by atoms with Gasteiger partial charge in [-0.25, -0.2) is 0 Å². The van der Waals surface area contributed by atoms with Crippen LogP contribution in [0.4, 0.5) is 5.69 Å². The van der Waals surface area contributed by atoms with Crippen LogP contribution in [0.25, 0.3) is 0 Å². The van der Waals surface area contributed by atoms with Gasteiger partial charge < -0.3 is 15.8 Å². The van der Waals surface area contributed by atoms with Gasteiger partial charge in [0.25, 0.3) is 0 Å². The fraction of sp³-hybridized carbons (Fsp3) is 0.500. The third kappa shape index (κ3) is 4.37. The summed E-state index contributed by atoms with van der Waals surface area (Å²) in [5, 5.41) is 2.84. The summed E-state index contributed by atoms with van der Waals surface area (Å²) in [6.07, 6.45) is 0.318. The van der Waals surface area contributed by atoms with Crippen LogP contribution in [-0.4, -0.2) is 18.6 Å². The highest BCUT2D eigenvalue weighted by molar-refractivity contribution is 5.92. The average Bonchev–Trinajstić information content (AvgIpc) is 2.31. The molecule has 0 fully saturated rings. The van der Waals surface area contributed by atoms with Gasteiger partial charge in [0.05, 0.1) is 12.3 Å². The largest absolute Gasteiger partial charge is 0.492 e. The third-order valence-corrected chi connectivity index (χ3v) is 2.74. The molecule has 4 nitrogen and oxygen atoms in total. The van der Waals surface area contributed by atoms with E-state index in [9.17, 15) is 4.79 Å². The Morgan fingerprint density at radius 1 is 1.39 bits per heavy atom. The van der Waals surface area contributed by atoms with Crippen molar-refractivity contribution in [2.24, 2.45) is 11.7 Å². The zero-order valence-corrected chi connectivity index (χ0v) is 11.3. The molecule has 0 spiro atoms. The Morgan fingerprint density at radius 2 is 2.06 bits per heavy atom. The molecule has 0 aromatic heterocycles. The number of para-hydroxylation sites is 2. The first-order valence-electron chi connectivity index (χ1n) is 6.31. The minimum Gasteiger partial charge on any atom is -0.492 e. The van der Waals surface area contributed by atoms with Crippen molar-refractivity contribution in [3.05, 3.63) is 24.3 Å². The molecule has 1 atom stereocenters. The van der Waals surface area contributed by atoms with Gasteiger partial charge >= 0.3 is 0 Å². The molecule has 1 unspecified atom stereocenters. The number of rotatable bonds is 6. The van der Waals surface area contributed by atoms with E-state index >= 15 is 0 Å². The Labute approximate surface area is 109 Å². The smallest absolute Gasteiger partial charge is 0.226 e. The van der Waals surface area contributed by atoms with Crippen molar-refractivity contribution < 1.29 is 9.53 Å². The summed E-state index contributed by atoms with van der Waals surface area (Å²) in [7, 11) is 0. The lowest BCUT2D eigenvalue weighted by atomic mass is 10.0. The zero-order chi connectivity index (χ0) is 13.5. The van der Waals surface area contributed by atoms with E-state index in [1.54, 1.807) is 0 Å². The highest BCUT2D eigenvalue weighted by Crippen LogP contribution is 2.23. The van der Waals surface area contributed by atoms with Crippen molar-refractivity contribution in [2.45, 2.75) is 33.2 Å². The van der Waals surface area contributed by atoms with E-state index in [0.717, 1.165) is 0 Å². The molecule has 0 radical (unpaired) electrons. The molecular formula is C14H22N2O2. The molecule has 1 aromatic rings. The third-order valence-electron chi connectivity index (χ3n) is 2.74. The Balaban J connectivity index is 2.64. The average molecular weight is 250 g/mol. The normalized spacial score (nSPS) is 12.3.